The van der Waals surface area contributed by atoms with Crippen LogP contribution in [0.4, 0.5) is 0 Å². The zero-order valence-electron chi connectivity index (χ0n) is 20.9. The van der Waals surface area contributed by atoms with Crippen molar-refractivity contribution in [1.82, 2.24) is 4.98 Å². The van der Waals surface area contributed by atoms with E-state index in [1.807, 2.05) is 49.5 Å². The van der Waals surface area contributed by atoms with Crippen LogP contribution in [0.5, 0.6) is 0 Å². The monoisotopic (exact) mass is 410 g/mol. The molecule has 1 aromatic heterocycles. The van der Waals surface area contributed by atoms with Gasteiger partial charge < -0.3 is 0 Å². The normalized spacial score (nSPS) is 16.7. The molecule has 1 heterocycles. The average Bonchev–Trinajstić information content (AvgIpc) is 2.72. The summed E-state index contributed by atoms with van der Waals surface area (Å²) in [6, 6.07) is 18.3. The van der Waals surface area contributed by atoms with Gasteiger partial charge in [0.15, 0.2) is 0 Å². The Hall–Kier alpha value is -1.87. The topological polar surface area (TPSA) is 12.9 Å². The van der Waals surface area contributed by atoms with Gasteiger partial charge in [-0.2, -0.15) is 0 Å². The Kier molecular flexibility index (Phi) is 3.99. The van der Waals surface area contributed by atoms with E-state index in [-0.39, 0.29) is 11.5 Å². The molecule has 2 heteroatoms. The van der Waals surface area contributed by atoms with Crippen molar-refractivity contribution < 1.29 is 6.85 Å². The van der Waals surface area contributed by atoms with E-state index < -0.39 is 26.5 Å². The summed E-state index contributed by atoms with van der Waals surface area (Å²) in [5, 5.41) is 0. The van der Waals surface area contributed by atoms with Crippen LogP contribution in [0.15, 0.2) is 66.9 Å². The number of aromatic nitrogens is 1. The molecule has 0 aliphatic carbocycles. The van der Waals surface area contributed by atoms with Crippen molar-refractivity contribution in [2.45, 2.75) is 43.3 Å². The molecule has 0 aliphatic heterocycles. The van der Waals surface area contributed by atoms with Crippen LogP contribution >= 0.6 is 0 Å². The van der Waals surface area contributed by atoms with Crippen LogP contribution in [-0.4, -0.2) is 18.3 Å². The molecule has 0 N–H and O–H groups in total. The van der Waals surface area contributed by atoms with E-state index in [1.165, 1.54) is 0 Å². The minimum atomic E-state index is -2.42. The molecule has 0 bridgehead atoms. The molecule has 0 radical (unpaired) electrons. The molecule has 0 saturated carbocycles. The third-order valence-corrected chi connectivity index (χ3v) is 8.79. The number of pyridine rings is 1. The number of nitrogens with zero attached hydrogens (tertiary/aromatic N) is 1. The molecule has 26 heavy (non-hydrogen) atoms. The Labute approximate surface area is 167 Å². The van der Waals surface area contributed by atoms with Crippen LogP contribution in [0.2, 0.25) is 17.3 Å². The summed E-state index contributed by atoms with van der Waals surface area (Å²) in [6.45, 7) is -0.219. The molecule has 0 saturated heterocycles. The van der Waals surface area contributed by atoms with Gasteiger partial charge in [0.1, 0.15) is 0 Å². The van der Waals surface area contributed by atoms with Gasteiger partial charge >= 0.3 is 168 Å². The Morgan fingerprint density at radius 1 is 1.04 bits per heavy atom. The first-order valence-corrected chi connectivity index (χ1v) is 16.3. The number of rotatable bonds is 5. The van der Waals surface area contributed by atoms with Crippen molar-refractivity contribution >= 4 is 17.7 Å². The molecule has 3 rings (SSSR count). The van der Waals surface area contributed by atoms with Gasteiger partial charge in [-0.15, -0.1) is 0 Å². The SMILES string of the molecule is [2H]C([2H])([2H])c1ccc(-c2cc(C([2H])([2H])C(C)c3ccccc3)[c]([Ge]([CH3])([CH3])[CH3])cn2)cc1. The van der Waals surface area contributed by atoms with E-state index in [2.05, 4.69) is 22.3 Å². The molecule has 0 aliphatic rings. The number of hydrogen-bond donors (Lipinski definition) is 0. The van der Waals surface area contributed by atoms with Gasteiger partial charge in [-0.25, -0.2) is 0 Å². The second-order valence-electron chi connectivity index (χ2n) is 7.72. The van der Waals surface area contributed by atoms with Crippen LogP contribution in [-0.2, 0) is 6.37 Å². The van der Waals surface area contributed by atoms with E-state index >= 15 is 0 Å². The third kappa shape index (κ3) is 4.45. The molecule has 3 aromatic rings. The summed E-state index contributed by atoms with van der Waals surface area (Å²) in [6.07, 6.45) is 0.267. The fourth-order valence-corrected chi connectivity index (χ4v) is 5.98. The second-order valence-corrected chi connectivity index (χ2v) is 18.3. The summed E-state index contributed by atoms with van der Waals surface area (Å²) in [4.78, 5) is 4.65. The van der Waals surface area contributed by atoms with Gasteiger partial charge in [0.25, 0.3) is 0 Å². The van der Waals surface area contributed by atoms with Crippen molar-refractivity contribution in [2.75, 3.05) is 0 Å². The number of benzene rings is 2. The number of hydrogen-bond acceptors (Lipinski definition) is 1. The minimum absolute atomic E-state index is 0.283. The van der Waals surface area contributed by atoms with Crippen molar-refractivity contribution in [1.29, 1.82) is 0 Å². The van der Waals surface area contributed by atoms with Crippen molar-refractivity contribution in [2.24, 2.45) is 0 Å². The van der Waals surface area contributed by atoms with E-state index in [0.717, 1.165) is 15.5 Å². The van der Waals surface area contributed by atoms with E-state index in [0.29, 0.717) is 11.3 Å². The van der Waals surface area contributed by atoms with Gasteiger partial charge in [-0.3, -0.25) is 0 Å². The predicted octanol–water partition coefficient (Wildman–Crippen LogP) is 5.95. The van der Waals surface area contributed by atoms with Crippen LogP contribution in [0.3, 0.4) is 0 Å². The first kappa shape index (κ1) is 13.3. The van der Waals surface area contributed by atoms with Gasteiger partial charge in [0.2, 0.25) is 0 Å². The van der Waals surface area contributed by atoms with E-state index in [9.17, 15) is 0 Å². The molecule has 0 amide bonds. The average molecular weight is 409 g/mol. The Morgan fingerprint density at radius 3 is 2.35 bits per heavy atom. The van der Waals surface area contributed by atoms with Crippen LogP contribution in [0.25, 0.3) is 11.3 Å². The Morgan fingerprint density at radius 2 is 1.73 bits per heavy atom. The summed E-state index contributed by atoms with van der Waals surface area (Å²) in [7, 11) is 0. The maximum atomic E-state index is 9.10. The van der Waals surface area contributed by atoms with Gasteiger partial charge in [-0.1, -0.05) is 0 Å². The Balaban J connectivity index is 2.12. The van der Waals surface area contributed by atoms with Crippen molar-refractivity contribution in [3.8, 4) is 11.3 Å². The van der Waals surface area contributed by atoms with Crippen LogP contribution in [0.1, 0.15) is 36.4 Å². The summed E-state index contributed by atoms with van der Waals surface area (Å²) < 4.78 is 41.9. The van der Waals surface area contributed by atoms with Gasteiger partial charge in [0, 0.05) is 0 Å². The van der Waals surface area contributed by atoms with Crippen LogP contribution < -0.4 is 4.40 Å². The third-order valence-electron chi connectivity index (χ3n) is 4.56. The molecule has 1 atom stereocenters. The number of aryl methyl sites for hydroxylation is 1. The fourth-order valence-electron chi connectivity index (χ4n) is 3.03. The van der Waals surface area contributed by atoms with Crippen molar-refractivity contribution in [3.63, 3.8) is 0 Å². The standard InChI is InChI=1S/C24H29GeN/c1-18-11-13-21(14-12-18)24-16-22(23(17-26-24)25(3,4)5)15-19(2)20-9-7-6-8-10-20/h6-14,16-17,19H,15H2,1-5H3/i1D3,15D2. The van der Waals surface area contributed by atoms with E-state index in [4.69, 9.17) is 6.85 Å². The fraction of sp³-hybridized carbons (Fsp3) is 0.292. The van der Waals surface area contributed by atoms with E-state index in [1.54, 1.807) is 24.3 Å². The van der Waals surface area contributed by atoms with Gasteiger partial charge in [0.05, 0.1) is 0 Å². The second kappa shape index (κ2) is 7.79. The molecule has 134 valence electrons. The molecular weight excluding hydrogens is 375 g/mol. The molecule has 1 unspecified atom stereocenters. The Bertz CT molecular complexity index is 1040. The quantitative estimate of drug-likeness (QED) is 0.475. The summed E-state index contributed by atoms with van der Waals surface area (Å²) in [5.41, 5.74) is 3.38. The zero-order valence-corrected chi connectivity index (χ0v) is 18.0. The molecule has 0 fully saturated rings. The van der Waals surface area contributed by atoms with Crippen molar-refractivity contribution in [3.05, 3.63) is 83.6 Å². The summed E-state index contributed by atoms with van der Waals surface area (Å²) in [5.74, 6) is 6.41. The first-order valence-electron chi connectivity index (χ1n) is 11.5. The molecule has 2 aromatic carbocycles. The van der Waals surface area contributed by atoms with Gasteiger partial charge in [-0.05, 0) is 0 Å². The first-order chi connectivity index (χ1) is 14.3. The molecule has 1 nitrogen and oxygen atoms in total. The maximum absolute atomic E-state index is 9.10. The molecule has 0 spiro atoms. The van der Waals surface area contributed by atoms with Crippen LogP contribution in [0, 0.1) is 6.85 Å². The predicted molar refractivity (Wildman–Crippen MR) is 116 cm³/mol. The zero-order chi connectivity index (χ0) is 23.0. The summed E-state index contributed by atoms with van der Waals surface area (Å²) >= 11 is -2.42. The molecular formula is C24H29GeN.